The summed E-state index contributed by atoms with van der Waals surface area (Å²) in [4.78, 5) is 30.8. The van der Waals surface area contributed by atoms with E-state index >= 15 is 0 Å². The molecule has 0 aliphatic carbocycles. The highest BCUT2D eigenvalue weighted by molar-refractivity contribution is 5.85. The maximum atomic E-state index is 11.3. The topological polar surface area (TPSA) is 120 Å². The molecule has 0 saturated heterocycles. The Balaban J connectivity index is 4.53. The fraction of sp³-hybridized carbons (Fsp3) is 0.750. The number of nitrogens with one attached hydrogen (secondary N) is 1. The average Bonchev–Trinajstić information content (AvgIpc) is 2.25. The van der Waals surface area contributed by atoms with Gasteiger partial charge in [-0.05, 0) is 13.8 Å². The summed E-state index contributed by atoms with van der Waals surface area (Å²) >= 11 is 0. The van der Waals surface area contributed by atoms with Crippen molar-refractivity contribution in [3.05, 3.63) is 0 Å². The third-order valence-electron chi connectivity index (χ3n) is 1.38. The van der Waals surface area contributed by atoms with Crippen LogP contribution >= 0.6 is 0 Å². The molecule has 0 radical (unpaired) electrons. The molecule has 0 heterocycles. The van der Waals surface area contributed by atoms with Crippen molar-refractivity contribution in [2.24, 2.45) is 5.73 Å². The summed E-state index contributed by atoms with van der Waals surface area (Å²) in [5, 5.41) is 11.5. The normalized spacial score (nSPS) is 14.0. The van der Waals surface area contributed by atoms with Gasteiger partial charge in [-0.25, -0.2) is 4.79 Å². The van der Waals surface area contributed by atoms with Gasteiger partial charge in [0.25, 0.3) is 0 Å². The van der Waals surface area contributed by atoms with E-state index in [1.165, 1.54) is 6.92 Å². The Morgan fingerprint density at radius 3 is 2.44 bits per heavy atom. The largest absolute Gasteiger partial charge is 0.423 e. The molecular weight excluding hydrogens is 220 g/mol. The van der Waals surface area contributed by atoms with Gasteiger partial charge < -0.3 is 15.6 Å². The van der Waals surface area contributed by atoms with E-state index in [0.717, 1.165) is 0 Å². The van der Waals surface area contributed by atoms with E-state index in [2.05, 4.69) is 14.5 Å². The van der Waals surface area contributed by atoms with Crippen molar-refractivity contribution >= 4 is 11.9 Å². The molecular formula is C8H16N2O6. The summed E-state index contributed by atoms with van der Waals surface area (Å²) in [5.41, 5.74) is 5.01. The number of ether oxygens (including phenoxy) is 1. The van der Waals surface area contributed by atoms with Crippen LogP contribution in [0, 0.1) is 0 Å². The van der Waals surface area contributed by atoms with E-state index in [1.807, 2.05) is 5.32 Å². The van der Waals surface area contributed by atoms with Crippen molar-refractivity contribution in [3.8, 4) is 0 Å². The van der Waals surface area contributed by atoms with Crippen LogP contribution in [0.25, 0.3) is 0 Å². The lowest BCUT2D eigenvalue weighted by Crippen LogP contribution is -2.58. The minimum absolute atomic E-state index is 0.0252. The van der Waals surface area contributed by atoms with Crippen molar-refractivity contribution in [1.82, 2.24) is 5.32 Å². The highest BCUT2D eigenvalue weighted by Gasteiger charge is 2.41. The standard InChI is InChI=1S/C8H16N2O6/c1-3-14-8(13,10-6(11)5-9)7(12)16-15-4-2/h13H,3-5,9H2,1-2H3,(H,10,11). The molecule has 0 aromatic rings. The lowest BCUT2D eigenvalue weighted by molar-refractivity contribution is -0.312. The predicted molar refractivity (Wildman–Crippen MR) is 51.5 cm³/mol. The molecule has 8 heteroatoms. The predicted octanol–water partition coefficient (Wildman–Crippen LogP) is -1.76. The Morgan fingerprint density at radius 2 is 2.00 bits per heavy atom. The van der Waals surface area contributed by atoms with E-state index in [1.54, 1.807) is 6.92 Å². The van der Waals surface area contributed by atoms with Gasteiger partial charge in [-0.15, -0.1) is 0 Å². The fourth-order valence-corrected chi connectivity index (χ4v) is 0.764. The first-order valence-electron chi connectivity index (χ1n) is 4.71. The Bertz CT molecular complexity index is 247. The number of aliphatic hydroxyl groups is 1. The van der Waals surface area contributed by atoms with Crippen LogP contribution in [-0.4, -0.2) is 42.7 Å². The summed E-state index contributed by atoms with van der Waals surface area (Å²) in [6.45, 7) is 2.76. The van der Waals surface area contributed by atoms with Gasteiger partial charge in [0.1, 0.15) is 0 Å². The van der Waals surface area contributed by atoms with Crippen LogP contribution in [-0.2, 0) is 24.1 Å². The van der Waals surface area contributed by atoms with E-state index < -0.39 is 24.3 Å². The maximum absolute atomic E-state index is 11.3. The molecule has 0 rings (SSSR count). The summed E-state index contributed by atoms with van der Waals surface area (Å²) < 4.78 is 4.67. The third-order valence-corrected chi connectivity index (χ3v) is 1.38. The second-order valence-electron chi connectivity index (χ2n) is 2.61. The minimum atomic E-state index is -2.58. The third kappa shape index (κ3) is 4.53. The van der Waals surface area contributed by atoms with Gasteiger partial charge in [0.05, 0.1) is 13.2 Å². The van der Waals surface area contributed by atoms with Crippen molar-refractivity contribution in [2.75, 3.05) is 19.8 Å². The van der Waals surface area contributed by atoms with Gasteiger partial charge in [0.2, 0.25) is 5.91 Å². The van der Waals surface area contributed by atoms with Gasteiger partial charge in [-0.2, -0.15) is 4.89 Å². The highest BCUT2D eigenvalue weighted by Crippen LogP contribution is 2.06. The summed E-state index contributed by atoms with van der Waals surface area (Å²) in [5.74, 6) is -4.64. The van der Waals surface area contributed by atoms with Crippen LogP contribution in [0.1, 0.15) is 13.8 Å². The molecule has 16 heavy (non-hydrogen) atoms. The Labute approximate surface area is 92.6 Å². The van der Waals surface area contributed by atoms with Crippen LogP contribution < -0.4 is 11.1 Å². The second kappa shape index (κ2) is 7.12. The first-order valence-corrected chi connectivity index (χ1v) is 4.71. The van der Waals surface area contributed by atoms with E-state index in [-0.39, 0.29) is 13.2 Å². The number of nitrogens with two attached hydrogens (primary N) is 1. The first kappa shape index (κ1) is 14.8. The Hall–Kier alpha value is -1.22. The molecule has 0 aliphatic heterocycles. The van der Waals surface area contributed by atoms with Gasteiger partial charge in [-0.3, -0.25) is 15.0 Å². The van der Waals surface area contributed by atoms with Crippen molar-refractivity contribution in [3.63, 3.8) is 0 Å². The SMILES string of the molecule is CCOOC(=O)C(O)(NC(=O)CN)OCC. The van der Waals surface area contributed by atoms with E-state index in [4.69, 9.17) is 5.73 Å². The zero-order valence-corrected chi connectivity index (χ0v) is 9.19. The lowest BCUT2D eigenvalue weighted by Gasteiger charge is -2.24. The van der Waals surface area contributed by atoms with Crippen molar-refractivity contribution in [1.29, 1.82) is 0 Å². The number of carbonyl (C=O) groups is 2. The zero-order valence-electron chi connectivity index (χ0n) is 9.19. The monoisotopic (exact) mass is 236 g/mol. The van der Waals surface area contributed by atoms with Gasteiger partial charge in [0, 0.05) is 6.61 Å². The van der Waals surface area contributed by atoms with E-state index in [0.29, 0.717) is 0 Å². The lowest BCUT2D eigenvalue weighted by atomic mass is 10.4. The molecule has 1 amide bonds. The molecule has 0 fully saturated rings. The second-order valence-corrected chi connectivity index (χ2v) is 2.61. The molecule has 0 saturated carbocycles. The zero-order chi connectivity index (χ0) is 12.6. The number of rotatable bonds is 7. The highest BCUT2D eigenvalue weighted by atomic mass is 17.2. The van der Waals surface area contributed by atoms with Crippen LogP contribution in [0.4, 0.5) is 0 Å². The van der Waals surface area contributed by atoms with E-state index in [9.17, 15) is 14.7 Å². The molecule has 1 unspecified atom stereocenters. The maximum Gasteiger partial charge on any atom is 0.423 e. The Kier molecular flexibility index (Phi) is 6.58. The summed E-state index contributed by atoms with van der Waals surface area (Å²) in [6, 6.07) is 0. The van der Waals surface area contributed by atoms with Crippen molar-refractivity contribution in [2.45, 2.75) is 19.8 Å². The minimum Gasteiger partial charge on any atom is -0.340 e. The van der Waals surface area contributed by atoms with Gasteiger partial charge in [0.15, 0.2) is 0 Å². The first-order chi connectivity index (χ1) is 7.50. The van der Waals surface area contributed by atoms with Crippen LogP contribution in [0.15, 0.2) is 0 Å². The number of hydrogen-bond donors (Lipinski definition) is 3. The molecule has 0 spiro atoms. The average molecular weight is 236 g/mol. The smallest absolute Gasteiger partial charge is 0.340 e. The molecule has 0 aliphatic rings. The number of amides is 1. The molecule has 8 nitrogen and oxygen atoms in total. The fourth-order valence-electron chi connectivity index (χ4n) is 0.764. The quantitative estimate of drug-likeness (QED) is 0.272. The van der Waals surface area contributed by atoms with Crippen LogP contribution in [0.5, 0.6) is 0 Å². The summed E-state index contributed by atoms with van der Waals surface area (Å²) in [6.07, 6.45) is 0. The molecule has 94 valence electrons. The molecule has 0 aromatic carbocycles. The molecule has 1 atom stereocenters. The summed E-state index contributed by atoms with van der Waals surface area (Å²) in [7, 11) is 0. The number of hydrogen-bond acceptors (Lipinski definition) is 7. The van der Waals surface area contributed by atoms with Gasteiger partial charge >= 0.3 is 11.9 Å². The van der Waals surface area contributed by atoms with Gasteiger partial charge in [-0.1, -0.05) is 0 Å². The van der Waals surface area contributed by atoms with Crippen molar-refractivity contribution < 1.29 is 29.2 Å². The molecule has 4 N–H and O–H groups in total. The molecule has 0 bridgehead atoms. The number of carbonyl (C=O) groups excluding carboxylic acids is 2. The van der Waals surface area contributed by atoms with Crippen LogP contribution in [0.2, 0.25) is 0 Å². The Morgan fingerprint density at radius 1 is 1.38 bits per heavy atom. The van der Waals surface area contributed by atoms with Crippen LogP contribution in [0.3, 0.4) is 0 Å². The molecule has 0 aromatic heterocycles.